The van der Waals surface area contributed by atoms with Gasteiger partial charge in [0.15, 0.2) is 0 Å². The van der Waals surface area contributed by atoms with Gasteiger partial charge in [-0.25, -0.2) is 4.79 Å². The number of aromatic amines is 1. The van der Waals surface area contributed by atoms with Crippen LogP contribution in [-0.4, -0.2) is 53.6 Å². The van der Waals surface area contributed by atoms with E-state index in [1.807, 2.05) is 53.4 Å². The summed E-state index contributed by atoms with van der Waals surface area (Å²) in [5, 5.41) is 0. The Morgan fingerprint density at radius 1 is 1.04 bits per heavy atom. The average Bonchev–Trinajstić information content (AvgIpc) is 3.03. The van der Waals surface area contributed by atoms with E-state index in [0.717, 1.165) is 35.6 Å². The Morgan fingerprint density at radius 3 is 2.52 bits per heavy atom. The van der Waals surface area contributed by atoms with Crippen LogP contribution < -0.4 is 15.3 Å². The fourth-order valence-electron chi connectivity index (χ4n) is 3.59. The molecule has 7 nitrogen and oxygen atoms in total. The number of carbonyl (C=O) groups is 1. The van der Waals surface area contributed by atoms with Crippen molar-refractivity contribution in [3.63, 3.8) is 0 Å². The average molecular weight is 366 g/mol. The lowest BCUT2D eigenvalue weighted by atomic mass is 10.2. The van der Waals surface area contributed by atoms with Crippen LogP contribution in [0.15, 0.2) is 53.3 Å². The highest BCUT2D eigenvalue weighted by Crippen LogP contribution is 2.28. The van der Waals surface area contributed by atoms with Gasteiger partial charge in [0.1, 0.15) is 12.3 Å². The normalized spacial score (nSPS) is 14.6. The Morgan fingerprint density at radius 2 is 1.74 bits per heavy atom. The maximum Gasteiger partial charge on any atom is 0.326 e. The molecule has 0 radical (unpaired) electrons. The lowest BCUT2D eigenvalue weighted by Gasteiger charge is -2.36. The molecule has 4 rings (SSSR count). The molecule has 1 N–H and O–H groups in total. The molecular weight excluding hydrogens is 344 g/mol. The summed E-state index contributed by atoms with van der Waals surface area (Å²) in [7, 11) is 1.66. The quantitative estimate of drug-likeness (QED) is 0.763. The third-order valence-corrected chi connectivity index (χ3v) is 5.03. The van der Waals surface area contributed by atoms with E-state index in [-0.39, 0.29) is 18.1 Å². The zero-order chi connectivity index (χ0) is 18.8. The van der Waals surface area contributed by atoms with E-state index in [4.69, 9.17) is 4.74 Å². The summed E-state index contributed by atoms with van der Waals surface area (Å²) in [5.74, 6) is 0.796. The Bertz CT molecular complexity index is 1020. The summed E-state index contributed by atoms with van der Waals surface area (Å²) in [6.07, 6.45) is 0. The number of benzene rings is 2. The molecule has 0 aliphatic carbocycles. The first-order valence-electron chi connectivity index (χ1n) is 9.00. The number of nitrogens with one attached hydrogen (secondary N) is 1. The molecule has 0 spiro atoms. The number of para-hydroxylation sites is 4. The van der Waals surface area contributed by atoms with Crippen molar-refractivity contribution < 1.29 is 9.53 Å². The maximum atomic E-state index is 12.7. The standard InChI is InChI=1S/C20H22N4O3/c1-27-18-9-5-4-8-17(18)22-10-12-23(13-11-22)19(25)14-24-16-7-3-2-6-15(16)21-20(24)26/h2-9H,10-14H2,1H3,(H,21,26). The van der Waals surface area contributed by atoms with Crippen LogP contribution in [0.3, 0.4) is 0 Å². The molecule has 0 saturated carbocycles. The number of aromatic nitrogens is 2. The second-order valence-electron chi connectivity index (χ2n) is 6.57. The number of carbonyl (C=O) groups excluding carboxylic acids is 1. The SMILES string of the molecule is COc1ccccc1N1CCN(C(=O)Cn2c(=O)[nH]c3ccccc32)CC1. The van der Waals surface area contributed by atoms with Crippen LogP contribution in [0.4, 0.5) is 5.69 Å². The first-order chi connectivity index (χ1) is 13.2. The van der Waals surface area contributed by atoms with Gasteiger partial charge in [0.05, 0.1) is 23.8 Å². The van der Waals surface area contributed by atoms with Crippen molar-refractivity contribution in [1.29, 1.82) is 0 Å². The van der Waals surface area contributed by atoms with Crippen molar-refractivity contribution in [3.05, 3.63) is 59.0 Å². The van der Waals surface area contributed by atoms with E-state index < -0.39 is 0 Å². The summed E-state index contributed by atoms with van der Waals surface area (Å²) < 4.78 is 6.94. The van der Waals surface area contributed by atoms with Crippen molar-refractivity contribution in [2.24, 2.45) is 0 Å². The maximum absolute atomic E-state index is 12.7. The number of nitrogens with zero attached hydrogens (tertiary/aromatic N) is 3. The van der Waals surface area contributed by atoms with Crippen LogP contribution in [-0.2, 0) is 11.3 Å². The minimum absolute atomic E-state index is 0.0403. The van der Waals surface area contributed by atoms with Crippen LogP contribution >= 0.6 is 0 Å². The first-order valence-corrected chi connectivity index (χ1v) is 9.00. The minimum atomic E-state index is -0.253. The number of hydrogen-bond donors (Lipinski definition) is 1. The van der Waals surface area contributed by atoms with Crippen molar-refractivity contribution in [3.8, 4) is 5.75 Å². The van der Waals surface area contributed by atoms with Gasteiger partial charge in [-0.3, -0.25) is 9.36 Å². The number of anilines is 1. The Balaban J connectivity index is 1.44. The topological polar surface area (TPSA) is 70.6 Å². The number of rotatable bonds is 4. The lowest BCUT2D eigenvalue weighted by Crippen LogP contribution is -2.50. The van der Waals surface area contributed by atoms with E-state index in [9.17, 15) is 9.59 Å². The van der Waals surface area contributed by atoms with Crippen LogP contribution in [0.25, 0.3) is 11.0 Å². The van der Waals surface area contributed by atoms with E-state index in [0.29, 0.717) is 13.1 Å². The van der Waals surface area contributed by atoms with Gasteiger partial charge in [-0.15, -0.1) is 0 Å². The number of H-pyrrole nitrogens is 1. The molecule has 0 unspecified atom stereocenters. The van der Waals surface area contributed by atoms with Crippen LogP contribution in [0, 0.1) is 0 Å². The molecule has 1 fully saturated rings. The Kier molecular flexibility index (Phi) is 4.58. The molecule has 1 amide bonds. The largest absolute Gasteiger partial charge is 0.495 e. The van der Waals surface area contributed by atoms with Gasteiger partial charge in [-0.2, -0.15) is 0 Å². The second kappa shape index (κ2) is 7.19. The molecular formula is C20H22N4O3. The van der Waals surface area contributed by atoms with Crippen LogP contribution in [0.5, 0.6) is 5.75 Å². The number of fused-ring (bicyclic) bond motifs is 1. The molecule has 2 aromatic carbocycles. The van der Waals surface area contributed by atoms with Crippen LogP contribution in [0.1, 0.15) is 0 Å². The zero-order valence-electron chi connectivity index (χ0n) is 15.2. The molecule has 0 atom stereocenters. The van der Waals surface area contributed by atoms with Crippen molar-refractivity contribution in [2.75, 3.05) is 38.2 Å². The number of hydrogen-bond acceptors (Lipinski definition) is 4. The fraction of sp³-hybridized carbons (Fsp3) is 0.300. The first kappa shape index (κ1) is 17.2. The molecule has 2 heterocycles. The van der Waals surface area contributed by atoms with Crippen molar-refractivity contribution >= 4 is 22.6 Å². The van der Waals surface area contributed by atoms with Gasteiger partial charge in [-0.1, -0.05) is 24.3 Å². The van der Waals surface area contributed by atoms with E-state index in [1.54, 1.807) is 7.11 Å². The molecule has 3 aromatic rings. The number of ether oxygens (including phenoxy) is 1. The van der Waals surface area contributed by atoms with E-state index in [2.05, 4.69) is 9.88 Å². The minimum Gasteiger partial charge on any atom is -0.495 e. The highest BCUT2D eigenvalue weighted by molar-refractivity contribution is 5.80. The van der Waals surface area contributed by atoms with Gasteiger partial charge in [0.2, 0.25) is 5.91 Å². The smallest absolute Gasteiger partial charge is 0.326 e. The number of methoxy groups -OCH3 is 1. The second-order valence-corrected chi connectivity index (χ2v) is 6.57. The summed E-state index contributed by atoms with van der Waals surface area (Å²) in [4.78, 5) is 31.7. The molecule has 1 aliphatic rings. The van der Waals surface area contributed by atoms with Crippen molar-refractivity contribution in [1.82, 2.24) is 14.5 Å². The van der Waals surface area contributed by atoms with Gasteiger partial charge in [-0.05, 0) is 24.3 Å². The summed E-state index contributed by atoms with van der Waals surface area (Å²) in [5.41, 5.74) is 2.29. The fourth-order valence-corrected chi connectivity index (χ4v) is 3.59. The molecule has 27 heavy (non-hydrogen) atoms. The molecule has 1 aliphatic heterocycles. The molecule has 140 valence electrons. The monoisotopic (exact) mass is 366 g/mol. The van der Waals surface area contributed by atoms with Gasteiger partial charge < -0.3 is 19.5 Å². The zero-order valence-corrected chi connectivity index (χ0v) is 15.2. The van der Waals surface area contributed by atoms with Crippen LogP contribution in [0.2, 0.25) is 0 Å². The summed E-state index contributed by atoms with van der Waals surface area (Å²) in [6, 6.07) is 15.3. The number of piperazine rings is 1. The predicted molar refractivity (Wildman–Crippen MR) is 104 cm³/mol. The third kappa shape index (κ3) is 3.28. The Hall–Kier alpha value is -3.22. The van der Waals surface area contributed by atoms with E-state index in [1.165, 1.54) is 4.57 Å². The predicted octanol–water partition coefficient (Wildman–Crippen LogP) is 1.69. The van der Waals surface area contributed by atoms with Gasteiger partial charge in [0.25, 0.3) is 0 Å². The Labute approximate surface area is 156 Å². The highest BCUT2D eigenvalue weighted by atomic mass is 16.5. The highest BCUT2D eigenvalue weighted by Gasteiger charge is 2.23. The third-order valence-electron chi connectivity index (χ3n) is 5.03. The van der Waals surface area contributed by atoms with Crippen molar-refractivity contribution in [2.45, 2.75) is 6.54 Å². The van der Waals surface area contributed by atoms with E-state index >= 15 is 0 Å². The molecule has 7 heteroatoms. The lowest BCUT2D eigenvalue weighted by molar-refractivity contribution is -0.132. The summed E-state index contributed by atoms with van der Waals surface area (Å²) in [6.45, 7) is 2.75. The molecule has 0 bridgehead atoms. The van der Waals surface area contributed by atoms with Gasteiger partial charge >= 0.3 is 5.69 Å². The molecule has 1 saturated heterocycles. The summed E-state index contributed by atoms with van der Waals surface area (Å²) >= 11 is 0. The number of imidazole rings is 1. The number of amides is 1. The van der Waals surface area contributed by atoms with Gasteiger partial charge in [0, 0.05) is 26.2 Å². The molecule has 1 aromatic heterocycles.